The Kier molecular flexibility index (Phi) is 5.11. The Morgan fingerprint density at radius 1 is 1.28 bits per heavy atom. The van der Waals surface area contributed by atoms with Gasteiger partial charge in [-0.1, -0.05) is 32.6 Å². The van der Waals surface area contributed by atoms with Crippen molar-refractivity contribution in [3.05, 3.63) is 5.82 Å². The minimum Gasteiger partial charge on any atom is -0.307 e. The number of hydrogen-bond acceptors (Lipinski definition) is 4. The number of nitrogens with zero attached hydrogens (tertiary/aromatic N) is 4. The molecule has 1 aliphatic carbocycles. The third kappa shape index (κ3) is 3.28. The van der Waals surface area contributed by atoms with E-state index < -0.39 is 0 Å². The number of tetrazole rings is 1. The summed E-state index contributed by atoms with van der Waals surface area (Å²) in [6, 6.07) is 0.742. The Labute approximate surface area is 109 Å². The van der Waals surface area contributed by atoms with Crippen molar-refractivity contribution in [1.82, 2.24) is 25.5 Å². The Hall–Kier alpha value is -0.970. The van der Waals surface area contributed by atoms with E-state index in [0.29, 0.717) is 6.04 Å². The Balaban J connectivity index is 2.05. The van der Waals surface area contributed by atoms with Gasteiger partial charge < -0.3 is 5.32 Å². The van der Waals surface area contributed by atoms with Crippen molar-refractivity contribution in [2.75, 3.05) is 6.54 Å². The molecular weight excluding hydrogens is 226 g/mol. The normalized spacial score (nSPS) is 19.7. The van der Waals surface area contributed by atoms with Crippen LogP contribution in [0.5, 0.6) is 0 Å². The molecule has 1 aromatic heterocycles. The molecule has 1 aromatic rings. The second kappa shape index (κ2) is 6.83. The van der Waals surface area contributed by atoms with Crippen LogP contribution >= 0.6 is 0 Å². The van der Waals surface area contributed by atoms with Crippen LogP contribution < -0.4 is 5.32 Å². The SMILES string of the molecule is CCCNC(C)c1nnnn1C1CCCCCC1. The predicted molar refractivity (Wildman–Crippen MR) is 71.3 cm³/mol. The van der Waals surface area contributed by atoms with Gasteiger partial charge in [-0.05, 0) is 43.2 Å². The molecule has 0 aromatic carbocycles. The molecule has 0 saturated heterocycles. The first-order chi connectivity index (χ1) is 8.83. The van der Waals surface area contributed by atoms with Gasteiger partial charge in [-0.2, -0.15) is 0 Å². The van der Waals surface area contributed by atoms with Gasteiger partial charge in [-0.3, -0.25) is 0 Å². The first kappa shape index (κ1) is 13.5. The van der Waals surface area contributed by atoms with Crippen LogP contribution in [0.25, 0.3) is 0 Å². The minimum absolute atomic E-state index is 0.239. The van der Waals surface area contributed by atoms with Gasteiger partial charge in [0, 0.05) is 0 Å². The summed E-state index contributed by atoms with van der Waals surface area (Å²) in [5.41, 5.74) is 0. The van der Waals surface area contributed by atoms with Gasteiger partial charge in [0.25, 0.3) is 0 Å². The highest BCUT2D eigenvalue weighted by Gasteiger charge is 2.21. The van der Waals surface area contributed by atoms with Crippen LogP contribution in [0.3, 0.4) is 0 Å². The van der Waals surface area contributed by atoms with E-state index >= 15 is 0 Å². The lowest BCUT2D eigenvalue weighted by Crippen LogP contribution is -2.25. The van der Waals surface area contributed by atoms with E-state index in [9.17, 15) is 0 Å². The van der Waals surface area contributed by atoms with Crippen molar-refractivity contribution in [2.45, 2.75) is 70.9 Å². The summed E-state index contributed by atoms with van der Waals surface area (Å²) in [4.78, 5) is 0. The van der Waals surface area contributed by atoms with Crippen molar-refractivity contribution in [1.29, 1.82) is 0 Å². The lowest BCUT2D eigenvalue weighted by Gasteiger charge is -2.19. The van der Waals surface area contributed by atoms with E-state index in [-0.39, 0.29) is 6.04 Å². The van der Waals surface area contributed by atoms with Crippen molar-refractivity contribution in [3.63, 3.8) is 0 Å². The average molecular weight is 251 g/mol. The van der Waals surface area contributed by atoms with Gasteiger partial charge in [0.15, 0.2) is 5.82 Å². The number of hydrogen-bond donors (Lipinski definition) is 1. The molecule has 1 unspecified atom stereocenters. The highest BCUT2D eigenvalue weighted by atomic mass is 15.6. The van der Waals surface area contributed by atoms with Crippen molar-refractivity contribution in [2.24, 2.45) is 0 Å². The number of nitrogens with one attached hydrogen (secondary N) is 1. The van der Waals surface area contributed by atoms with E-state index in [0.717, 1.165) is 18.8 Å². The summed E-state index contributed by atoms with van der Waals surface area (Å²) in [5.74, 6) is 0.996. The second-order valence-electron chi connectivity index (χ2n) is 5.30. The lowest BCUT2D eigenvalue weighted by atomic mass is 10.1. The maximum atomic E-state index is 4.23. The van der Waals surface area contributed by atoms with Crippen LogP contribution in [0.2, 0.25) is 0 Å². The smallest absolute Gasteiger partial charge is 0.168 e. The molecule has 0 aliphatic heterocycles. The van der Waals surface area contributed by atoms with E-state index in [1.807, 2.05) is 0 Å². The molecule has 0 spiro atoms. The molecule has 1 heterocycles. The zero-order valence-electron chi connectivity index (χ0n) is 11.6. The van der Waals surface area contributed by atoms with Gasteiger partial charge in [-0.15, -0.1) is 5.10 Å². The standard InChI is InChI=1S/C13H25N5/c1-3-10-14-11(2)13-15-16-17-18(13)12-8-6-4-5-7-9-12/h11-12,14H,3-10H2,1-2H3. The predicted octanol–water partition coefficient (Wildman–Crippen LogP) is 2.63. The monoisotopic (exact) mass is 251 g/mol. The molecule has 1 N–H and O–H groups in total. The summed E-state index contributed by atoms with van der Waals surface area (Å²) in [7, 11) is 0. The third-order valence-corrected chi connectivity index (χ3v) is 3.78. The van der Waals surface area contributed by atoms with Crippen molar-refractivity contribution in [3.8, 4) is 0 Å². The van der Waals surface area contributed by atoms with E-state index in [4.69, 9.17) is 0 Å². The molecule has 1 atom stereocenters. The highest BCUT2D eigenvalue weighted by molar-refractivity contribution is 4.92. The van der Waals surface area contributed by atoms with Gasteiger partial charge in [0.1, 0.15) is 0 Å². The zero-order valence-corrected chi connectivity index (χ0v) is 11.6. The van der Waals surface area contributed by atoms with E-state index in [1.54, 1.807) is 0 Å². The summed E-state index contributed by atoms with van der Waals surface area (Å²) < 4.78 is 2.07. The summed E-state index contributed by atoms with van der Waals surface area (Å²) in [6.45, 7) is 5.33. The van der Waals surface area contributed by atoms with E-state index in [1.165, 1.54) is 38.5 Å². The Morgan fingerprint density at radius 3 is 2.67 bits per heavy atom. The molecule has 1 saturated carbocycles. The molecule has 0 radical (unpaired) electrons. The molecule has 2 rings (SSSR count). The first-order valence-corrected chi connectivity index (χ1v) is 7.34. The van der Waals surface area contributed by atoms with Crippen LogP contribution in [-0.2, 0) is 0 Å². The fraction of sp³-hybridized carbons (Fsp3) is 0.923. The molecule has 102 valence electrons. The fourth-order valence-corrected chi connectivity index (χ4v) is 2.70. The summed E-state index contributed by atoms with van der Waals surface area (Å²) in [6.07, 6.45) is 8.91. The van der Waals surface area contributed by atoms with Crippen LogP contribution in [-0.4, -0.2) is 26.8 Å². The Morgan fingerprint density at radius 2 is 2.00 bits per heavy atom. The fourth-order valence-electron chi connectivity index (χ4n) is 2.70. The summed E-state index contributed by atoms with van der Waals surface area (Å²) >= 11 is 0. The average Bonchev–Trinajstić information content (AvgIpc) is 2.72. The third-order valence-electron chi connectivity index (χ3n) is 3.78. The largest absolute Gasteiger partial charge is 0.307 e. The topological polar surface area (TPSA) is 55.6 Å². The van der Waals surface area contributed by atoms with Gasteiger partial charge in [0.05, 0.1) is 12.1 Å². The molecular formula is C13H25N5. The van der Waals surface area contributed by atoms with Crippen molar-refractivity contribution >= 4 is 0 Å². The van der Waals surface area contributed by atoms with Crippen LogP contribution in [0.1, 0.15) is 76.7 Å². The molecule has 1 fully saturated rings. The Bertz CT molecular complexity index is 341. The molecule has 18 heavy (non-hydrogen) atoms. The second-order valence-corrected chi connectivity index (χ2v) is 5.30. The quantitative estimate of drug-likeness (QED) is 0.817. The van der Waals surface area contributed by atoms with Crippen LogP contribution in [0, 0.1) is 0 Å². The first-order valence-electron chi connectivity index (χ1n) is 7.34. The van der Waals surface area contributed by atoms with Crippen molar-refractivity contribution < 1.29 is 0 Å². The van der Waals surface area contributed by atoms with Gasteiger partial charge in [-0.25, -0.2) is 4.68 Å². The zero-order chi connectivity index (χ0) is 12.8. The maximum Gasteiger partial charge on any atom is 0.168 e. The molecule has 5 heteroatoms. The number of rotatable bonds is 5. The maximum absolute atomic E-state index is 4.23. The van der Waals surface area contributed by atoms with Crippen LogP contribution in [0.4, 0.5) is 0 Å². The molecule has 0 bridgehead atoms. The number of aromatic nitrogens is 4. The molecule has 1 aliphatic rings. The minimum atomic E-state index is 0.239. The molecule has 5 nitrogen and oxygen atoms in total. The lowest BCUT2D eigenvalue weighted by molar-refractivity contribution is 0.368. The van der Waals surface area contributed by atoms with Crippen LogP contribution in [0.15, 0.2) is 0 Å². The van der Waals surface area contributed by atoms with Gasteiger partial charge in [0.2, 0.25) is 0 Å². The van der Waals surface area contributed by atoms with Gasteiger partial charge >= 0.3 is 0 Å². The van der Waals surface area contributed by atoms with E-state index in [2.05, 4.69) is 39.4 Å². The highest BCUT2D eigenvalue weighted by Crippen LogP contribution is 2.28. The molecule has 0 amide bonds. The summed E-state index contributed by atoms with van der Waals surface area (Å²) in [5, 5.41) is 15.8.